The van der Waals surface area contributed by atoms with Gasteiger partial charge in [-0.15, -0.1) is 0 Å². The molecule has 0 atom stereocenters. The van der Waals surface area contributed by atoms with Gasteiger partial charge in [-0.2, -0.15) is 0 Å². The molecule has 2 aromatic rings. The summed E-state index contributed by atoms with van der Waals surface area (Å²) in [7, 11) is 0. The van der Waals surface area contributed by atoms with Gasteiger partial charge < -0.3 is 19.7 Å². The number of anilines is 1. The maximum Gasteiger partial charge on any atom is 0.243 e. The molecule has 2 aromatic carbocycles. The molecule has 136 valence electrons. The average molecular weight is 375 g/mol. The lowest BCUT2D eigenvalue weighted by atomic mass is 10.1. The van der Waals surface area contributed by atoms with Crippen LogP contribution in [-0.2, 0) is 16.0 Å². The third-order valence-corrected chi connectivity index (χ3v) is 4.27. The van der Waals surface area contributed by atoms with Crippen LogP contribution in [0.15, 0.2) is 42.5 Å². The molecule has 0 spiro atoms. The van der Waals surface area contributed by atoms with Crippen LogP contribution in [0.4, 0.5) is 5.69 Å². The molecule has 0 aliphatic carbocycles. The number of carbonyl (C=O) groups is 2. The minimum absolute atomic E-state index is 0.0165. The molecule has 3 rings (SSSR count). The SMILES string of the molecule is CC(=O)N(CCc1ccc(Cl)cc1)CC(=O)Nc1ccc2c(c1)OCO2. The van der Waals surface area contributed by atoms with E-state index in [1.54, 1.807) is 30.3 Å². The molecule has 6 nitrogen and oxygen atoms in total. The quantitative estimate of drug-likeness (QED) is 0.843. The summed E-state index contributed by atoms with van der Waals surface area (Å²) >= 11 is 5.87. The topological polar surface area (TPSA) is 67.9 Å². The van der Waals surface area contributed by atoms with Crippen molar-refractivity contribution in [3.8, 4) is 11.5 Å². The zero-order valence-corrected chi connectivity index (χ0v) is 15.1. The van der Waals surface area contributed by atoms with Crippen molar-refractivity contribution in [2.24, 2.45) is 0 Å². The fraction of sp³-hybridized carbons (Fsp3) is 0.263. The lowest BCUT2D eigenvalue weighted by molar-refractivity contribution is -0.132. The number of ether oxygens (including phenoxy) is 2. The number of hydrogen-bond acceptors (Lipinski definition) is 4. The summed E-state index contributed by atoms with van der Waals surface area (Å²) in [6, 6.07) is 12.6. The number of nitrogens with one attached hydrogen (secondary N) is 1. The molecular formula is C19H19ClN2O4. The van der Waals surface area contributed by atoms with Crippen LogP contribution in [-0.4, -0.2) is 36.6 Å². The Morgan fingerprint density at radius 3 is 2.58 bits per heavy atom. The van der Waals surface area contributed by atoms with Crippen molar-refractivity contribution in [3.05, 3.63) is 53.1 Å². The molecule has 0 fully saturated rings. The van der Waals surface area contributed by atoms with E-state index in [1.807, 2.05) is 12.1 Å². The van der Waals surface area contributed by atoms with E-state index in [-0.39, 0.29) is 25.2 Å². The fourth-order valence-electron chi connectivity index (χ4n) is 2.61. The van der Waals surface area contributed by atoms with Gasteiger partial charge in [-0.25, -0.2) is 0 Å². The predicted octanol–water partition coefficient (Wildman–Crippen LogP) is 3.10. The van der Waals surface area contributed by atoms with Gasteiger partial charge in [0.2, 0.25) is 18.6 Å². The maximum absolute atomic E-state index is 12.3. The van der Waals surface area contributed by atoms with E-state index in [1.165, 1.54) is 11.8 Å². The second-order valence-corrected chi connectivity index (χ2v) is 6.37. The molecule has 1 aliphatic heterocycles. The Hall–Kier alpha value is -2.73. The Labute approximate surface area is 156 Å². The van der Waals surface area contributed by atoms with E-state index >= 15 is 0 Å². The van der Waals surface area contributed by atoms with Crippen molar-refractivity contribution in [2.75, 3.05) is 25.2 Å². The maximum atomic E-state index is 12.3. The Morgan fingerprint density at radius 1 is 1.12 bits per heavy atom. The first-order valence-electron chi connectivity index (χ1n) is 8.21. The van der Waals surface area contributed by atoms with Gasteiger partial charge in [-0.3, -0.25) is 9.59 Å². The van der Waals surface area contributed by atoms with E-state index in [2.05, 4.69) is 5.32 Å². The predicted molar refractivity (Wildman–Crippen MR) is 98.6 cm³/mol. The third kappa shape index (κ3) is 4.67. The standard InChI is InChI=1S/C19H19ClN2O4/c1-13(23)22(9-8-14-2-4-15(20)5-3-14)11-19(24)21-16-6-7-17-18(10-16)26-12-25-17/h2-7,10H,8-9,11-12H2,1H3,(H,21,24). The van der Waals surface area contributed by atoms with Gasteiger partial charge in [0, 0.05) is 30.2 Å². The fourth-order valence-corrected chi connectivity index (χ4v) is 2.74. The highest BCUT2D eigenvalue weighted by Gasteiger charge is 2.16. The van der Waals surface area contributed by atoms with Crippen LogP contribution in [0.3, 0.4) is 0 Å². The molecule has 0 aromatic heterocycles. The van der Waals surface area contributed by atoms with Gasteiger partial charge in [0.05, 0.1) is 6.54 Å². The molecule has 0 bridgehead atoms. The van der Waals surface area contributed by atoms with Crippen molar-refractivity contribution in [3.63, 3.8) is 0 Å². The summed E-state index contributed by atoms with van der Waals surface area (Å²) in [5.41, 5.74) is 1.65. The molecule has 0 unspecified atom stereocenters. The van der Waals surface area contributed by atoms with Gasteiger partial charge in [0.25, 0.3) is 0 Å². The van der Waals surface area contributed by atoms with Crippen LogP contribution in [0, 0.1) is 0 Å². The van der Waals surface area contributed by atoms with Gasteiger partial charge in [0.15, 0.2) is 11.5 Å². The van der Waals surface area contributed by atoms with Crippen molar-refractivity contribution >= 4 is 29.1 Å². The van der Waals surface area contributed by atoms with Crippen LogP contribution in [0.2, 0.25) is 5.02 Å². The highest BCUT2D eigenvalue weighted by atomic mass is 35.5. The largest absolute Gasteiger partial charge is 0.454 e. The van der Waals surface area contributed by atoms with Crippen LogP contribution in [0.1, 0.15) is 12.5 Å². The number of halogens is 1. The second kappa shape index (κ2) is 8.10. The molecule has 0 saturated carbocycles. The first-order valence-corrected chi connectivity index (χ1v) is 8.58. The summed E-state index contributed by atoms with van der Waals surface area (Å²) in [5.74, 6) is 0.820. The normalized spacial score (nSPS) is 11.9. The third-order valence-electron chi connectivity index (χ3n) is 4.02. The molecule has 0 radical (unpaired) electrons. The van der Waals surface area contributed by atoms with Crippen molar-refractivity contribution < 1.29 is 19.1 Å². The number of hydrogen-bond donors (Lipinski definition) is 1. The summed E-state index contributed by atoms with van der Waals surface area (Å²) in [6.45, 7) is 2.06. The Bertz CT molecular complexity index is 808. The first kappa shape index (κ1) is 18.1. The number of amides is 2. The molecule has 1 aliphatic rings. The number of rotatable bonds is 6. The summed E-state index contributed by atoms with van der Waals surface area (Å²) in [4.78, 5) is 25.6. The minimum Gasteiger partial charge on any atom is -0.454 e. The number of fused-ring (bicyclic) bond motifs is 1. The number of carbonyl (C=O) groups excluding carboxylic acids is 2. The van der Waals surface area contributed by atoms with E-state index in [4.69, 9.17) is 21.1 Å². The molecule has 2 amide bonds. The van der Waals surface area contributed by atoms with E-state index < -0.39 is 0 Å². The minimum atomic E-state index is -0.268. The smallest absolute Gasteiger partial charge is 0.243 e. The highest BCUT2D eigenvalue weighted by molar-refractivity contribution is 6.30. The lowest BCUT2D eigenvalue weighted by Gasteiger charge is -2.20. The zero-order chi connectivity index (χ0) is 18.5. The second-order valence-electron chi connectivity index (χ2n) is 5.93. The Morgan fingerprint density at radius 2 is 1.85 bits per heavy atom. The van der Waals surface area contributed by atoms with Gasteiger partial charge in [0.1, 0.15) is 0 Å². The summed E-state index contributed by atoms with van der Waals surface area (Å²) < 4.78 is 10.5. The van der Waals surface area contributed by atoms with Gasteiger partial charge >= 0.3 is 0 Å². The Balaban J connectivity index is 1.56. The van der Waals surface area contributed by atoms with Crippen LogP contribution in [0.25, 0.3) is 0 Å². The average Bonchev–Trinajstić information content (AvgIpc) is 3.07. The van der Waals surface area contributed by atoms with E-state index in [9.17, 15) is 9.59 Å². The van der Waals surface area contributed by atoms with Crippen molar-refractivity contribution in [1.29, 1.82) is 0 Å². The van der Waals surface area contributed by atoms with Crippen LogP contribution < -0.4 is 14.8 Å². The van der Waals surface area contributed by atoms with E-state index in [0.717, 1.165) is 5.56 Å². The molecule has 1 heterocycles. The zero-order valence-electron chi connectivity index (χ0n) is 14.3. The monoisotopic (exact) mass is 374 g/mol. The van der Waals surface area contributed by atoms with Crippen LogP contribution in [0.5, 0.6) is 11.5 Å². The number of nitrogens with zero attached hydrogens (tertiary/aromatic N) is 1. The molecular weight excluding hydrogens is 356 g/mol. The van der Waals surface area contributed by atoms with Crippen molar-refractivity contribution in [1.82, 2.24) is 4.90 Å². The highest BCUT2D eigenvalue weighted by Crippen LogP contribution is 2.34. The molecule has 0 saturated heterocycles. The van der Waals surface area contributed by atoms with Crippen molar-refractivity contribution in [2.45, 2.75) is 13.3 Å². The van der Waals surface area contributed by atoms with E-state index in [0.29, 0.717) is 35.2 Å². The Kier molecular flexibility index (Phi) is 5.63. The number of benzene rings is 2. The lowest BCUT2D eigenvalue weighted by Crippen LogP contribution is -2.38. The van der Waals surface area contributed by atoms with Gasteiger partial charge in [-0.1, -0.05) is 23.7 Å². The molecule has 7 heteroatoms. The first-order chi connectivity index (χ1) is 12.5. The summed E-state index contributed by atoms with van der Waals surface area (Å²) in [5, 5.41) is 3.44. The molecule has 26 heavy (non-hydrogen) atoms. The summed E-state index contributed by atoms with van der Waals surface area (Å²) in [6.07, 6.45) is 0.647. The van der Waals surface area contributed by atoms with Gasteiger partial charge in [-0.05, 0) is 36.2 Å². The van der Waals surface area contributed by atoms with Crippen LogP contribution >= 0.6 is 11.6 Å². The molecule has 1 N–H and O–H groups in total.